The van der Waals surface area contributed by atoms with Crippen molar-refractivity contribution in [3.05, 3.63) is 52.6 Å². The van der Waals surface area contributed by atoms with Crippen LogP contribution in [-0.4, -0.2) is 14.6 Å². The molecule has 0 radical (unpaired) electrons. The van der Waals surface area contributed by atoms with Gasteiger partial charge in [0.05, 0.1) is 5.69 Å². The van der Waals surface area contributed by atoms with Gasteiger partial charge in [-0.05, 0) is 49.9 Å². The quantitative estimate of drug-likeness (QED) is 0.634. The number of fused-ring (bicyclic) bond motifs is 2. The average Bonchev–Trinajstić information content (AvgIpc) is 2.92. The number of nitrogens with zero attached hydrogens (tertiary/aromatic N) is 3. The Morgan fingerprint density at radius 3 is 2.67 bits per heavy atom. The molecule has 5 heteroatoms. The van der Waals surface area contributed by atoms with E-state index in [0.29, 0.717) is 5.15 Å². The largest absolute Gasteiger partial charge is 0.233 e. The molecular weight excluding hydrogens is 289 g/mol. The third-order valence-corrected chi connectivity index (χ3v) is 4.34. The van der Waals surface area contributed by atoms with Gasteiger partial charge >= 0.3 is 0 Å². The van der Waals surface area contributed by atoms with Crippen LogP contribution in [0.25, 0.3) is 16.9 Å². The molecule has 0 saturated heterocycles. The van der Waals surface area contributed by atoms with Crippen LogP contribution in [0.15, 0.2) is 30.3 Å². The first-order valence-electron chi connectivity index (χ1n) is 7.05. The van der Waals surface area contributed by atoms with E-state index in [0.717, 1.165) is 53.8 Å². The van der Waals surface area contributed by atoms with Crippen molar-refractivity contribution in [2.24, 2.45) is 0 Å². The number of aromatic nitrogens is 3. The maximum atomic E-state index is 13.0. The van der Waals surface area contributed by atoms with Crippen molar-refractivity contribution in [2.75, 3.05) is 0 Å². The summed E-state index contributed by atoms with van der Waals surface area (Å²) in [6.07, 6.45) is 4.24. The van der Waals surface area contributed by atoms with E-state index in [1.54, 1.807) is 16.6 Å². The molecule has 0 amide bonds. The molecular formula is C16H13ClFN3. The molecule has 4 rings (SSSR count). The van der Waals surface area contributed by atoms with E-state index in [2.05, 4.69) is 10.1 Å². The van der Waals surface area contributed by atoms with Crippen molar-refractivity contribution in [3.8, 4) is 11.3 Å². The number of halogens is 2. The van der Waals surface area contributed by atoms with E-state index >= 15 is 0 Å². The van der Waals surface area contributed by atoms with Crippen LogP contribution in [0.5, 0.6) is 0 Å². The summed E-state index contributed by atoms with van der Waals surface area (Å²) in [6.45, 7) is 0. The van der Waals surface area contributed by atoms with Gasteiger partial charge in [-0.15, -0.1) is 0 Å². The van der Waals surface area contributed by atoms with Crippen molar-refractivity contribution in [1.82, 2.24) is 14.6 Å². The first kappa shape index (κ1) is 12.8. The zero-order valence-electron chi connectivity index (χ0n) is 11.3. The predicted molar refractivity (Wildman–Crippen MR) is 80.0 cm³/mol. The Balaban J connectivity index is 1.90. The first-order valence-corrected chi connectivity index (χ1v) is 7.43. The molecule has 21 heavy (non-hydrogen) atoms. The van der Waals surface area contributed by atoms with Crippen molar-refractivity contribution in [1.29, 1.82) is 0 Å². The van der Waals surface area contributed by atoms with Crippen LogP contribution in [0.3, 0.4) is 0 Å². The molecule has 0 aliphatic heterocycles. The Morgan fingerprint density at radius 1 is 1.10 bits per heavy atom. The Kier molecular flexibility index (Phi) is 2.93. The molecule has 0 bridgehead atoms. The van der Waals surface area contributed by atoms with Crippen LogP contribution >= 0.6 is 11.6 Å². The minimum absolute atomic E-state index is 0.255. The molecule has 106 valence electrons. The van der Waals surface area contributed by atoms with Gasteiger partial charge < -0.3 is 0 Å². The maximum Gasteiger partial charge on any atom is 0.157 e. The van der Waals surface area contributed by atoms with Crippen LogP contribution < -0.4 is 0 Å². The summed E-state index contributed by atoms with van der Waals surface area (Å²) in [5, 5.41) is 5.18. The minimum atomic E-state index is -0.255. The van der Waals surface area contributed by atoms with Gasteiger partial charge in [0.2, 0.25) is 0 Å². The highest BCUT2D eigenvalue weighted by molar-refractivity contribution is 6.30. The van der Waals surface area contributed by atoms with Crippen molar-refractivity contribution >= 4 is 17.2 Å². The fourth-order valence-electron chi connectivity index (χ4n) is 2.86. The molecule has 0 fully saturated rings. The third-order valence-electron chi connectivity index (χ3n) is 3.95. The van der Waals surface area contributed by atoms with Gasteiger partial charge in [-0.2, -0.15) is 5.10 Å². The molecule has 3 aromatic rings. The summed E-state index contributed by atoms with van der Waals surface area (Å²) < 4.78 is 14.7. The minimum Gasteiger partial charge on any atom is -0.233 e. The monoisotopic (exact) mass is 301 g/mol. The lowest BCUT2D eigenvalue weighted by molar-refractivity contribution is 0.628. The molecule has 0 N–H and O–H groups in total. The second kappa shape index (κ2) is 4.81. The van der Waals surface area contributed by atoms with E-state index in [-0.39, 0.29) is 5.82 Å². The van der Waals surface area contributed by atoms with Crippen molar-refractivity contribution in [3.63, 3.8) is 0 Å². The standard InChI is InChI=1S/C16H13ClFN3/c17-16-12-3-1-2-4-13(12)19-15-9-14(20-21(15)16)10-5-7-11(18)8-6-10/h5-9H,1-4H2. The summed E-state index contributed by atoms with van der Waals surface area (Å²) in [5.41, 5.74) is 4.57. The highest BCUT2D eigenvalue weighted by Gasteiger charge is 2.18. The van der Waals surface area contributed by atoms with E-state index in [1.165, 1.54) is 12.1 Å². The van der Waals surface area contributed by atoms with Gasteiger partial charge in [0, 0.05) is 22.9 Å². The highest BCUT2D eigenvalue weighted by atomic mass is 35.5. The Hall–Kier alpha value is -1.94. The Morgan fingerprint density at radius 2 is 1.86 bits per heavy atom. The molecule has 0 unspecified atom stereocenters. The van der Waals surface area contributed by atoms with Gasteiger partial charge in [0.25, 0.3) is 0 Å². The van der Waals surface area contributed by atoms with E-state index in [4.69, 9.17) is 11.6 Å². The van der Waals surface area contributed by atoms with E-state index < -0.39 is 0 Å². The summed E-state index contributed by atoms with van der Waals surface area (Å²) in [6, 6.07) is 8.18. The number of hydrogen-bond acceptors (Lipinski definition) is 2. The van der Waals surface area contributed by atoms with Crippen LogP contribution in [-0.2, 0) is 12.8 Å². The molecule has 1 aliphatic carbocycles. The first-order chi connectivity index (χ1) is 10.2. The van der Waals surface area contributed by atoms with E-state index in [1.807, 2.05) is 6.07 Å². The molecule has 0 atom stereocenters. The normalized spacial score (nSPS) is 14.4. The molecule has 1 aromatic carbocycles. The number of rotatable bonds is 1. The zero-order chi connectivity index (χ0) is 14.4. The van der Waals surface area contributed by atoms with Gasteiger partial charge in [0.1, 0.15) is 11.0 Å². The molecule has 0 spiro atoms. The van der Waals surface area contributed by atoms with Crippen molar-refractivity contribution < 1.29 is 4.39 Å². The topological polar surface area (TPSA) is 30.2 Å². The van der Waals surface area contributed by atoms with Crippen molar-refractivity contribution in [2.45, 2.75) is 25.7 Å². The number of hydrogen-bond donors (Lipinski definition) is 0. The summed E-state index contributed by atoms with van der Waals surface area (Å²) in [4.78, 5) is 4.68. The van der Waals surface area contributed by atoms with Crippen LogP contribution in [0.4, 0.5) is 4.39 Å². The third kappa shape index (κ3) is 2.10. The van der Waals surface area contributed by atoms with Crippen LogP contribution in [0, 0.1) is 5.82 Å². The lowest BCUT2D eigenvalue weighted by Gasteiger charge is -2.16. The Bertz CT molecular complexity index is 824. The summed E-state index contributed by atoms with van der Waals surface area (Å²) >= 11 is 6.49. The molecule has 0 saturated carbocycles. The fourth-order valence-corrected chi connectivity index (χ4v) is 3.19. The molecule has 3 nitrogen and oxygen atoms in total. The van der Waals surface area contributed by atoms with Crippen LogP contribution in [0.1, 0.15) is 24.1 Å². The fraction of sp³-hybridized carbons (Fsp3) is 0.250. The summed E-state index contributed by atoms with van der Waals surface area (Å²) in [7, 11) is 0. The second-order valence-electron chi connectivity index (χ2n) is 5.34. The molecule has 2 aromatic heterocycles. The Labute approximate surface area is 126 Å². The zero-order valence-corrected chi connectivity index (χ0v) is 12.1. The van der Waals surface area contributed by atoms with E-state index in [9.17, 15) is 4.39 Å². The van der Waals surface area contributed by atoms with Crippen LogP contribution in [0.2, 0.25) is 5.15 Å². The highest BCUT2D eigenvalue weighted by Crippen LogP contribution is 2.29. The van der Waals surface area contributed by atoms with Gasteiger partial charge in [0.15, 0.2) is 5.65 Å². The van der Waals surface area contributed by atoms with Gasteiger partial charge in [-0.1, -0.05) is 11.6 Å². The predicted octanol–water partition coefficient (Wildman–Crippen LogP) is 4.07. The summed E-state index contributed by atoms with van der Waals surface area (Å²) in [5.74, 6) is -0.255. The number of aryl methyl sites for hydroxylation is 1. The van der Waals surface area contributed by atoms with Gasteiger partial charge in [-0.25, -0.2) is 13.9 Å². The van der Waals surface area contributed by atoms with Gasteiger partial charge in [-0.3, -0.25) is 0 Å². The smallest absolute Gasteiger partial charge is 0.157 e. The second-order valence-corrected chi connectivity index (χ2v) is 5.70. The lowest BCUT2D eigenvalue weighted by Crippen LogP contribution is -2.09. The average molecular weight is 302 g/mol. The SMILES string of the molecule is Fc1ccc(-c2cc3nc4c(c(Cl)n3n2)CCCC4)cc1. The lowest BCUT2D eigenvalue weighted by atomic mass is 9.97. The number of benzene rings is 1. The molecule has 1 aliphatic rings. The molecule has 2 heterocycles. The maximum absolute atomic E-state index is 13.0.